The van der Waals surface area contributed by atoms with Crippen molar-refractivity contribution in [3.8, 4) is 5.75 Å². The summed E-state index contributed by atoms with van der Waals surface area (Å²) in [7, 11) is 1.76. The van der Waals surface area contributed by atoms with E-state index in [9.17, 15) is 5.11 Å². The van der Waals surface area contributed by atoms with E-state index in [1.165, 1.54) is 5.56 Å². The Kier molecular flexibility index (Phi) is 5.45. The van der Waals surface area contributed by atoms with E-state index in [1.807, 2.05) is 18.2 Å². The second-order valence-electron chi connectivity index (χ2n) is 7.29. The molecule has 2 heterocycles. The van der Waals surface area contributed by atoms with Gasteiger partial charge in [-0.3, -0.25) is 4.90 Å². The molecule has 0 aliphatic carbocycles. The number of rotatable bonds is 6. The molecule has 2 saturated heterocycles. The largest absolute Gasteiger partial charge is 0.491 e. The molecule has 5 heteroatoms. The van der Waals surface area contributed by atoms with Crippen LogP contribution in [0.1, 0.15) is 24.8 Å². The molecule has 3 rings (SSSR count). The molecule has 0 aromatic heterocycles. The summed E-state index contributed by atoms with van der Waals surface area (Å²) in [5, 5.41) is 10.7. The van der Waals surface area contributed by atoms with E-state index in [4.69, 9.17) is 14.2 Å². The standard InChI is InChI=1S/C19H29NO4/c1-16-4-3-5-17(12-16)24-15-19(22-2)6-9-20(14-19)13-18(21)7-10-23-11-8-18/h3-5,12,21H,6-11,13-15H2,1-2H3. The molecular weight excluding hydrogens is 306 g/mol. The molecule has 2 aliphatic heterocycles. The van der Waals surface area contributed by atoms with Crippen LogP contribution in [-0.4, -0.2) is 67.8 Å². The van der Waals surface area contributed by atoms with Crippen molar-refractivity contribution < 1.29 is 19.3 Å². The first-order valence-corrected chi connectivity index (χ1v) is 8.80. The van der Waals surface area contributed by atoms with Crippen LogP contribution in [-0.2, 0) is 9.47 Å². The normalized spacial score (nSPS) is 27.3. The Hall–Kier alpha value is -1.14. The van der Waals surface area contributed by atoms with E-state index in [0.717, 1.165) is 25.3 Å². The first-order valence-electron chi connectivity index (χ1n) is 8.80. The summed E-state index contributed by atoms with van der Waals surface area (Å²) in [6.45, 7) is 6.29. The van der Waals surface area contributed by atoms with E-state index >= 15 is 0 Å². The number of methoxy groups -OCH3 is 1. The number of benzene rings is 1. The maximum atomic E-state index is 10.7. The number of likely N-dealkylation sites (tertiary alicyclic amines) is 1. The van der Waals surface area contributed by atoms with Gasteiger partial charge in [-0.05, 0) is 31.0 Å². The van der Waals surface area contributed by atoms with Gasteiger partial charge in [-0.1, -0.05) is 12.1 Å². The monoisotopic (exact) mass is 335 g/mol. The lowest BCUT2D eigenvalue weighted by atomic mass is 9.94. The molecule has 5 nitrogen and oxygen atoms in total. The summed E-state index contributed by atoms with van der Waals surface area (Å²) in [6, 6.07) is 8.09. The average Bonchev–Trinajstić information content (AvgIpc) is 2.97. The van der Waals surface area contributed by atoms with Gasteiger partial charge >= 0.3 is 0 Å². The summed E-state index contributed by atoms with van der Waals surface area (Å²) in [6.07, 6.45) is 2.34. The zero-order chi connectivity index (χ0) is 17.0. The van der Waals surface area contributed by atoms with Gasteiger partial charge in [-0.25, -0.2) is 0 Å². The Morgan fingerprint density at radius 1 is 1.25 bits per heavy atom. The number of ether oxygens (including phenoxy) is 3. The number of aliphatic hydroxyl groups is 1. The molecule has 1 atom stereocenters. The van der Waals surface area contributed by atoms with Crippen LogP contribution >= 0.6 is 0 Å². The molecule has 134 valence electrons. The van der Waals surface area contributed by atoms with Crippen LogP contribution in [0.4, 0.5) is 0 Å². The lowest BCUT2D eigenvalue weighted by molar-refractivity contribution is -0.0837. The predicted molar refractivity (Wildman–Crippen MR) is 92.5 cm³/mol. The molecule has 1 unspecified atom stereocenters. The Morgan fingerprint density at radius 2 is 2.04 bits per heavy atom. The topological polar surface area (TPSA) is 51.2 Å². The number of hydrogen-bond donors (Lipinski definition) is 1. The molecule has 0 saturated carbocycles. The van der Waals surface area contributed by atoms with Crippen molar-refractivity contribution in [2.45, 2.75) is 37.4 Å². The Balaban J connectivity index is 1.56. The van der Waals surface area contributed by atoms with E-state index in [2.05, 4.69) is 17.9 Å². The van der Waals surface area contributed by atoms with Gasteiger partial charge in [0.05, 0.1) is 5.60 Å². The molecule has 2 aliphatic rings. The highest BCUT2D eigenvalue weighted by atomic mass is 16.5. The maximum Gasteiger partial charge on any atom is 0.119 e. The molecule has 1 aromatic rings. The molecule has 0 radical (unpaired) electrons. The van der Waals surface area contributed by atoms with Crippen LogP contribution in [0.3, 0.4) is 0 Å². The third-order valence-corrected chi connectivity index (χ3v) is 5.26. The molecule has 0 spiro atoms. The van der Waals surface area contributed by atoms with Crippen molar-refractivity contribution in [3.05, 3.63) is 29.8 Å². The number of nitrogens with zero attached hydrogens (tertiary/aromatic N) is 1. The van der Waals surface area contributed by atoms with E-state index in [-0.39, 0.29) is 5.60 Å². The fraction of sp³-hybridized carbons (Fsp3) is 0.684. The van der Waals surface area contributed by atoms with Crippen molar-refractivity contribution in [1.82, 2.24) is 4.90 Å². The minimum Gasteiger partial charge on any atom is -0.491 e. The van der Waals surface area contributed by atoms with Crippen LogP contribution in [0.5, 0.6) is 5.75 Å². The zero-order valence-electron chi connectivity index (χ0n) is 14.8. The molecule has 1 N–H and O–H groups in total. The number of hydrogen-bond acceptors (Lipinski definition) is 5. The van der Waals surface area contributed by atoms with Crippen LogP contribution < -0.4 is 4.74 Å². The zero-order valence-corrected chi connectivity index (χ0v) is 14.8. The van der Waals surface area contributed by atoms with E-state index in [0.29, 0.717) is 39.2 Å². The highest BCUT2D eigenvalue weighted by Crippen LogP contribution is 2.30. The quantitative estimate of drug-likeness (QED) is 0.862. The second kappa shape index (κ2) is 7.40. The van der Waals surface area contributed by atoms with Crippen molar-refractivity contribution in [3.63, 3.8) is 0 Å². The first kappa shape index (κ1) is 17.7. The molecule has 1 aromatic carbocycles. The lowest BCUT2D eigenvalue weighted by Gasteiger charge is -2.36. The van der Waals surface area contributed by atoms with Gasteiger partial charge in [0, 0.05) is 52.8 Å². The highest BCUT2D eigenvalue weighted by Gasteiger charge is 2.42. The lowest BCUT2D eigenvalue weighted by Crippen LogP contribution is -2.48. The van der Waals surface area contributed by atoms with Crippen molar-refractivity contribution in [2.75, 3.05) is 46.6 Å². The fourth-order valence-electron chi connectivity index (χ4n) is 3.65. The molecular formula is C19H29NO4. The van der Waals surface area contributed by atoms with Gasteiger partial charge in [0.1, 0.15) is 18.0 Å². The van der Waals surface area contributed by atoms with E-state index in [1.54, 1.807) is 7.11 Å². The van der Waals surface area contributed by atoms with Crippen LogP contribution in [0.15, 0.2) is 24.3 Å². The average molecular weight is 335 g/mol. The maximum absolute atomic E-state index is 10.7. The SMILES string of the molecule is COC1(COc2cccc(C)c2)CCN(CC2(O)CCOCC2)C1. The second-order valence-corrected chi connectivity index (χ2v) is 7.29. The third-order valence-electron chi connectivity index (χ3n) is 5.26. The van der Waals surface area contributed by atoms with Gasteiger partial charge in [-0.2, -0.15) is 0 Å². The van der Waals surface area contributed by atoms with Gasteiger partial charge in [-0.15, -0.1) is 0 Å². The summed E-state index contributed by atoms with van der Waals surface area (Å²) >= 11 is 0. The van der Waals surface area contributed by atoms with Crippen molar-refractivity contribution in [2.24, 2.45) is 0 Å². The summed E-state index contributed by atoms with van der Waals surface area (Å²) < 4.78 is 17.2. The highest BCUT2D eigenvalue weighted by molar-refractivity contribution is 5.27. The third kappa shape index (κ3) is 4.28. The van der Waals surface area contributed by atoms with Crippen molar-refractivity contribution >= 4 is 0 Å². The van der Waals surface area contributed by atoms with Gasteiger partial charge in [0.25, 0.3) is 0 Å². The smallest absolute Gasteiger partial charge is 0.119 e. The Labute approximate surface area is 144 Å². The van der Waals surface area contributed by atoms with Crippen LogP contribution in [0.25, 0.3) is 0 Å². The fourth-order valence-corrected chi connectivity index (χ4v) is 3.65. The van der Waals surface area contributed by atoms with Crippen LogP contribution in [0.2, 0.25) is 0 Å². The molecule has 0 amide bonds. The number of aryl methyl sites for hydroxylation is 1. The van der Waals surface area contributed by atoms with Crippen LogP contribution in [0, 0.1) is 6.92 Å². The predicted octanol–water partition coefficient (Wildman–Crippen LogP) is 2.01. The van der Waals surface area contributed by atoms with Crippen molar-refractivity contribution in [1.29, 1.82) is 0 Å². The Bertz CT molecular complexity index is 544. The summed E-state index contributed by atoms with van der Waals surface area (Å²) in [4.78, 5) is 2.30. The summed E-state index contributed by atoms with van der Waals surface area (Å²) in [5.41, 5.74) is 0.263. The minimum absolute atomic E-state index is 0.300. The molecule has 0 bridgehead atoms. The molecule has 2 fully saturated rings. The summed E-state index contributed by atoms with van der Waals surface area (Å²) in [5.74, 6) is 0.882. The minimum atomic E-state index is -0.626. The van der Waals surface area contributed by atoms with Gasteiger partial charge < -0.3 is 19.3 Å². The molecule has 24 heavy (non-hydrogen) atoms. The first-order chi connectivity index (χ1) is 11.5. The number of β-amino-alcohol motifs (C(OH)–C–C–N with tert-alkyl or cyclic N) is 1. The van der Waals surface area contributed by atoms with Gasteiger partial charge in [0.2, 0.25) is 0 Å². The van der Waals surface area contributed by atoms with E-state index < -0.39 is 5.60 Å². The Morgan fingerprint density at radius 3 is 2.75 bits per heavy atom. The van der Waals surface area contributed by atoms with Gasteiger partial charge in [0.15, 0.2) is 0 Å².